The fourth-order valence-corrected chi connectivity index (χ4v) is 4.59. The van der Waals surface area contributed by atoms with Crippen molar-refractivity contribution < 1.29 is 13.6 Å². The number of aryl methyl sites for hydroxylation is 2. The van der Waals surface area contributed by atoms with E-state index in [0.717, 1.165) is 35.6 Å². The van der Waals surface area contributed by atoms with Gasteiger partial charge in [0.05, 0.1) is 18.6 Å². The van der Waals surface area contributed by atoms with Gasteiger partial charge >= 0.3 is 0 Å². The second-order valence-corrected chi connectivity index (χ2v) is 8.87. The Kier molecular flexibility index (Phi) is 5.90. The van der Waals surface area contributed by atoms with Gasteiger partial charge in [-0.1, -0.05) is 49.1 Å². The first-order valence-corrected chi connectivity index (χ1v) is 11.7. The van der Waals surface area contributed by atoms with Crippen LogP contribution < -0.4 is 5.32 Å². The minimum Gasteiger partial charge on any atom is -0.465 e. The van der Waals surface area contributed by atoms with Crippen molar-refractivity contribution >= 4 is 5.91 Å². The lowest BCUT2D eigenvalue weighted by Crippen LogP contribution is -2.21. The summed E-state index contributed by atoms with van der Waals surface area (Å²) in [6.07, 6.45) is 7.93. The molecule has 0 spiro atoms. The Morgan fingerprint density at radius 1 is 1.00 bits per heavy atom. The van der Waals surface area contributed by atoms with Gasteiger partial charge in [0.2, 0.25) is 0 Å². The highest BCUT2D eigenvalue weighted by Gasteiger charge is 2.25. The third kappa shape index (κ3) is 4.51. The van der Waals surface area contributed by atoms with Gasteiger partial charge in [0, 0.05) is 11.6 Å². The van der Waals surface area contributed by atoms with Gasteiger partial charge in [-0.05, 0) is 51.0 Å². The average molecular weight is 444 g/mol. The van der Waals surface area contributed by atoms with Crippen molar-refractivity contribution in [3.05, 3.63) is 77.7 Å². The highest BCUT2D eigenvalue weighted by molar-refractivity contribution is 5.92. The number of rotatable bonds is 6. The lowest BCUT2D eigenvalue weighted by atomic mass is 9.95. The van der Waals surface area contributed by atoms with E-state index >= 15 is 0 Å². The molecule has 0 atom stereocenters. The molecule has 0 saturated heterocycles. The molecule has 3 heterocycles. The van der Waals surface area contributed by atoms with Crippen LogP contribution in [-0.2, 0) is 6.54 Å². The van der Waals surface area contributed by atoms with Gasteiger partial charge in [0.15, 0.2) is 11.5 Å². The van der Waals surface area contributed by atoms with Crippen LogP contribution in [0.4, 0.5) is 0 Å². The third-order valence-electron chi connectivity index (χ3n) is 6.37. The van der Waals surface area contributed by atoms with Crippen molar-refractivity contribution in [1.29, 1.82) is 0 Å². The van der Waals surface area contributed by atoms with Crippen molar-refractivity contribution in [2.45, 2.75) is 58.5 Å². The number of aromatic nitrogens is 2. The monoisotopic (exact) mass is 443 g/mol. The molecule has 1 aromatic carbocycles. The first kappa shape index (κ1) is 21.3. The zero-order chi connectivity index (χ0) is 22.8. The molecule has 0 radical (unpaired) electrons. The van der Waals surface area contributed by atoms with Crippen LogP contribution in [0.25, 0.3) is 22.7 Å². The number of carbonyl (C=O) groups is 1. The molecule has 1 aliphatic rings. The van der Waals surface area contributed by atoms with Gasteiger partial charge < -0.3 is 18.7 Å². The van der Waals surface area contributed by atoms with Crippen LogP contribution in [0, 0.1) is 13.8 Å². The number of carbonyl (C=O) groups excluding carboxylic acids is 1. The van der Waals surface area contributed by atoms with Crippen molar-refractivity contribution in [2.75, 3.05) is 0 Å². The fraction of sp³-hybridized carbons (Fsp3) is 0.333. The standard InChI is InChI=1S/C27H29N3O3/c1-18-8-11-20(12-9-18)25-26(30(17-29-25)21-6-4-3-5-7-21)23-14-15-24(33-23)27(31)28-16-22-13-10-19(2)32-22/h8-15,17,21H,3-7,16H2,1-2H3,(H,28,31). The quantitative estimate of drug-likeness (QED) is 0.371. The lowest BCUT2D eigenvalue weighted by Gasteiger charge is -2.24. The van der Waals surface area contributed by atoms with E-state index in [0.29, 0.717) is 24.1 Å². The minimum atomic E-state index is -0.268. The molecule has 1 amide bonds. The number of benzene rings is 1. The number of nitrogens with zero attached hydrogens (tertiary/aromatic N) is 2. The Balaban J connectivity index is 1.45. The molecule has 1 N–H and O–H groups in total. The average Bonchev–Trinajstić information content (AvgIpc) is 3.58. The first-order chi connectivity index (χ1) is 16.1. The summed E-state index contributed by atoms with van der Waals surface area (Å²) in [6, 6.07) is 16.1. The Morgan fingerprint density at radius 3 is 2.52 bits per heavy atom. The van der Waals surface area contributed by atoms with Gasteiger partial charge in [0.25, 0.3) is 5.91 Å². The number of nitrogens with one attached hydrogen (secondary N) is 1. The second-order valence-electron chi connectivity index (χ2n) is 8.87. The second kappa shape index (κ2) is 9.14. The molecule has 0 aliphatic heterocycles. The van der Waals surface area contributed by atoms with E-state index in [-0.39, 0.29) is 11.7 Å². The molecule has 4 aromatic rings. The smallest absolute Gasteiger partial charge is 0.287 e. The summed E-state index contributed by atoms with van der Waals surface area (Å²) in [5.74, 6) is 2.20. The minimum absolute atomic E-state index is 0.268. The summed E-state index contributed by atoms with van der Waals surface area (Å²) in [6.45, 7) is 4.27. The summed E-state index contributed by atoms with van der Waals surface area (Å²) in [5, 5.41) is 2.87. The Labute approximate surface area is 193 Å². The molecule has 5 rings (SSSR count). The number of amides is 1. The van der Waals surface area contributed by atoms with Gasteiger partial charge in [-0.15, -0.1) is 0 Å². The largest absolute Gasteiger partial charge is 0.465 e. The molecule has 3 aromatic heterocycles. The van der Waals surface area contributed by atoms with E-state index in [1.807, 2.05) is 31.5 Å². The molecule has 170 valence electrons. The zero-order valence-corrected chi connectivity index (χ0v) is 19.1. The molecule has 6 nitrogen and oxygen atoms in total. The SMILES string of the molecule is Cc1ccc(-c2ncn(C3CCCCC3)c2-c2ccc(C(=O)NCc3ccc(C)o3)o2)cc1. The van der Waals surface area contributed by atoms with Crippen LogP contribution in [0.5, 0.6) is 0 Å². The molecule has 33 heavy (non-hydrogen) atoms. The maximum atomic E-state index is 12.7. The van der Waals surface area contributed by atoms with Crippen molar-refractivity contribution in [3.63, 3.8) is 0 Å². The van der Waals surface area contributed by atoms with Crippen molar-refractivity contribution in [2.24, 2.45) is 0 Å². The van der Waals surface area contributed by atoms with E-state index in [9.17, 15) is 4.79 Å². The number of furan rings is 2. The Morgan fingerprint density at radius 2 is 1.79 bits per heavy atom. The summed E-state index contributed by atoms with van der Waals surface area (Å²) in [7, 11) is 0. The van der Waals surface area contributed by atoms with Crippen LogP contribution in [0.1, 0.15) is 65.8 Å². The maximum Gasteiger partial charge on any atom is 0.287 e. The van der Waals surface area contributed by atoms with E-state index in [1.54, 1.807) is 6.07 Å². The molecule has 1 saturated carbocycles. The summed E-state index contributed by atoms with van der Waals surface area (Å²) in [4.78, 5) is 17.5. The predicted octanol–water partition coefficient (Wildman–Crippen LogP) is 6.46. The van der Waals surface area contributed by atoms with Gasteiger partial charge in [0.1, 0.15) is 17.2 Å². The predicted molar refractivity (Wildman–Crippen MR) is 127 cm³/mol. The zero-order valence-electron chi connectivity index (χ0n) is 19.1. The first-order valence-electron chi connectivity index (χ1n) is 11.7. The highest BCUT2D eigenvalue weighted by atomic mass is 16.4. The van der Waals surface area contributed by atoms with E-state index in [2.05, 4.69) is 41.1 Å². The van der Waals surface area contributed by atoms with Crippen molar-refractivity contribution in [1.82, 2.24) is 14.9 Å². The fourth-order valence-electron chi connectivity index (χ4n) is 4.59. The van der Waals surface area contributed by atoms with Crippen molar-refractivity contribution in [3.8, 4) is 22.7 Å². The van der Waals surface area contributed by atoms with Crippen LogP contribution >= 0.6 is 0 Å². The molecule has 6 heteroatoms. The summed E-state index contributed by atoms with van der Waals surface area (Å²) >= 11 is 0. The maximum absolute atomic E-state index is 12.7. The molecule has 0 bridgehead atoms. The van der Waals surface area contributed by atoms with Crippen LogP contribution in [-0.4, -0.2) is 15.5 Å². The summed E-state index contributed by atoms with van der Waals surface area (Å²) < 4.78 is 13.9. The number of imidazole rings is 1. The van der Waals surface area contributed by atoms with Crippen LogP contribution in [0.15, 0.2) is 63.7 Å². The van der Waals surface area contributed by atoms with Crippen LogP contribution in [0.3, 0.4) is 0 Å². The molecule has 0 unspecified atom stereocenters. The van der Waals surface area contributed by atoms with E-state index in [1.165, 1.54) is 24.8 Å². The Bertz CT molecular complexity index is 1240. The van der Waals surface area contributed by atoms with Crippen LogP contribution in [0.2, 0.25) is 0 Å². The highest BCUT2D eigenvalue weighted by Crippen LogP contribution is 2.38. The van der Waals surface area contributed by atoms with Gasteiger partial charge in [-0.2, -0.15) is 0 Å². The van der Waals surface area contributed by atoms with Gasteiger partial charge in [-0.3, -0.25) is 4.79 Å². The number of hydrogen-bond donors (Lipinski definition) is 1. The normalized spacial score (nSPS) is 14.5. The van der Waals surface area contributed by atoms with Gasteiger partial charge in [-0.25, -0.2) is 4.98 Å². The molecular weight excluding hydrogens is 414 g/mol. The van der Waals surface area contributed by atoms with E-state index in [4.69, 9.17) is 13.8 Å². The Hall–Kier alpha value is -3.54. The third-order valence-corrected chi connectivity index (χ3v) is 6.37. The summed E-state index contributed by atoms with van der Waals surface area (Å²) in [5.41, 5.74) is 4.07. The molecule has 1 fully saturated rings. The topological polar surface area (TPSA) is 73.2 Å². The molecule has 1 aliphatic carbocycles. The molecular formula is C27H29N3O3. The number of hydrogen-bond acceptors (Lipinski definition) is 4. The van der Waals surface area contributed by atoms with E-state index < -0.39 is 0 Å². The lowest BCUT2D eigenvalue weighted by molar-refractivity contribution is 0.0921.